The van der Waals surface area contributed by atoms with Gasteiger partial charge in [0, 0.05) is 24.7 Å². The van der Waals surface area contributed by atoms with E-state index in [1.54, 1.807) is 0 Å². The fraction of sp³-hybridized carbons (Fsp3) is 0.217. The molecule has 3 aromatic carbocycles. The summed E-state index contributed by atoms with van der Waals surface area (Å²) in [4.78, 5) is 12.6. The Labute approximate surface area is 182 Å². The van der Waals surface area contributed by atoms with Gasteiger partial charge in [-0.1, -0.05) is 54.6 Å². The molecular weight excluding hydrogens is 414 g/mol. The number of rotatable bonds is 8. The van der Waals surface area contributed by atoms with Gasteiger partial charge in [0.2, 0.25) is 10.0 Å². The van der Waals surface area contributed by atoms with Crippen LogP contribution < -0.4 is 4.72 Å². The Bertz CT molecular complexity index is 1190. The van der Waals surface area contributed by atoms with Crippen LogP contribution in [0.5, 0.6) is 0 Å². The van der Waals surface area contributed by atoms with Crippen LogP contribution in [0.25, 0.3) is 11.1 Å². The van der Waals surface area contributed by atoms with E-state index in [2.05, 4.69) is 21.8 Å². The van der Waals surface area contributed by atoms with E-state index in [-0.39, 0.29) is 22.7 Å². The smallest absolute Gasteiger partial charge is 0.273 e. The number of benzene rings is 3. The Kier molecular flexibility index (Phi) is 6.84. The third kappa shape index (κ3) is 5.35. The lowest BCUT2D eigenvalue weighted by Gasteiger charge is -2.14. The molecule has 0 aliphatic heterocycles. The Balaban J connectivity index is 1.85. The minimum atomic E-state index is -3.92. The average Bonchev–Trinajstić information content (AvgIpc) is 2.72. The lowest BCUT2D eigenvalue weighted by atomic mass is 9.99. The molecule has 0 spiro atoms. The summed E-state index contributed by atoms with van der Waals surface area (Å²) in [6.45, 7) is 2.35. The van der Waals surface area contributed by atoms with E-state index in [0.29, 0.717) is 0 Å². The Morgan fingerprint density at radius 1 is 0.968 bits per heavy atom. The third-order valence-electron chi connectivity index (χ3n) is 4.98. The van der Waals surface area contributed by atoms with Crippen molar-refractivity contribution in [2.75, 3.05) is 14.1 Å². The SMILES string of the molecule is Cc1c([N+](=O)[O-])cccc1S(=O)(=O)NCc1ccccc1-c1ccc(CN(C)C)cc1. The highest BCUT2D eigenvalue weighted by molar-refractivity contribution is 7.89. The van der Waals surface area contributed by atoms with E-state index < -0.39 is 14.9 Å². The van der Waals surface area contributed by atoms with E-state index in [1.165, 1.54) is 30.7 Å². The van der Waals surface area contributed by atoms with Gasteiger partial charge in [0.25, 0.3) is 5.69 Å². The molecule has 0 radical (unpaired) electrons. The molecule has 3 rings (SSSR count). The number of hydrogen-bond donors (Lipinski definition) is 1. The van der Waals surface area contributed by atoms with E-state index in [9.17, 15) is 18.5 Å². The number of nitro benzene ring substituents is 1. The van der Waals surface area contributed by atoms with Crippen molar-refractivity contribution in [3.05, 3.63) is 93.5 Å². The maximum atomic E-state index is 12.9. The molecule has 1 N–H and O–H groups in total. The van der Waals surface area contributed by atoms with Gasteiger partial charge in [0.1, 0.15) is 0 Å². The predicted octanol–water partition coefficient (Wildman–Crippen LogP) is 4.11. The summed E-state index contributed by atoms with van der Waals surface area (Å²) in [5, 5.41) is 11.2. The first kappa shape index (κ1) is 22.6. The normalized spacial score (nSPS) is 11.6. The fourth-order valence-corrected chi connectivity index (χ4v) is 4.72. The largest absolute Gasteiger partial charge is 0.305 e. The number of sulfonamides is 1. The zero-order valence-electron chi connectivity index (χ0n) is 17.7. The van der Waals surface area contributed by atoms with Gasteiger partial charge in [0.05, 0.1) is 9.82 Å². The van der Waals surface area contributed by atoms with Crippen LogP contribution in [0.2, 0.25) is 0 Å². The molecule has 0 amide bonds. The zero-order chi connectivity index (χ0) is 22.6. The molecule has 0 atom stereocenters. The Hall–Kier alpha value is -3.07. The second kappa shape index (κ2) is 9.38. The topological polar surface area (TPSA) is 92.5 Å². The maximum Gasteiger partial charge on any atom is 0.273 e. The van der Waals surface area contributed by atoms with Crippen LogP contribution in [0.15, 0.2) is 71.6 Å². The van der Waals surface area contributed by atoms with Gasteiger partial charge in [0.15, 0.2) is 0 Å². The first-order valence-corrected chi connectivity index (χ1v) is 11.2. The van der Waals surface area contributed by atoms with Crippen molar-refractivity contribution >= 4 is 15.7 Å². The molecule has 0 saturated carbocycles. The number of nitrogens with zero attached hydrogens (tertiary/aromatic N) is 2. The fourth-order valence-electron chi connectivity index (χ4n) is 3.45. The monoisotopic (exact) mass is 439 g/mol. The van der Waals surface area contributed by atoms with Crippen LogP contribution in [-0.2, 0) is 23.1 Å². The molecule has 0 aliphatic rings. The van der Waals surface area contributed by atoms with Gasteiger partial charge in [-0.05, 0) is 49.3 Å². The number of hydrogen-bond acceptors (Lipinski definition) is 5. The van der Waals surface area contributed by atoms with Gasteiger partial charge in [-0.3, -0.25) is 10.1 Å². The lowest BCUT2D eigenvalue weighted by Crippen LogP contribution is -2.24. The highest BCUT2D eigenvalue weighted by atomic mass is 32.2. The van der Waals surface area contributed by atoms with Crippen molar-refractivity contribution in [1.82, 2.24) is 9.62 Å². The summed E-state index contributed by atoms with van der Waals surface area (Å²) in [5.74, 6) is 0. The van der Waals surface area contributed by atoms with Crippen molar-refractivity contribution in [2.24, 2.45) is 0 Å². The summed E-state index contributed by atoms with van der Waals surface area (Å²) in [7, 11) is 0.100. The molecule has 162 valence electrons. The van der Waals surface area contributed by atoms with Gasteiger partial charge < -0.3 is 4.90 Å². The lowest BCUT2D eigenvalue weighted by molar-refractivity contribution is -0.385. The van der Waals surface area contributed by atoms with Crippen LogP contribution in [0.4, 0.5) is 5.69 Å². The Morgan fingerprint density at radius 3 is 2.29 bits per heavy atom. The third-order valence-corrected chi connectivity index (χ3v) is 6.52. The number of nitrogens with one attached hydrogen (secondary N) is 1. The predicted molar refractivity (Wildman–Crippen MR) is 121 cm³/mol. The van der Waals surface area contributed by atoms with Crippen molar-refractivity contribution in [2.45, 2.75) is 24.9 Å². The summed E-state index contributed by atoms with van der Waals surface area (Å²) in [5.41, 5.74) is 3.81. The molecule has 0 aromatic heterocycles. The quantitative estimate of drug-likeness (QED) is 0.421. The van der Waals surface area contributed by atoms with Crippen LogP contribution in [0.3, 0.4) is 0 Å². The second-order valence-electron chi connectivity index (χ2n) is 7.57. The minimum Gasteiger partial charge on any atom is -0.305 e. The molecule has 0 aliphatic carbocycles. The van der Waals surface area contributed by atoms with Gasteiger partial charge >= 0.3 is 0 Å². The van der Waals surface area contributed by atoms with Crippen LogP contribution in [0, 0.1) is 17.0 Å². The highest BCUT2D eigenvalue weighted by Crippen LogP contribution is 2.27. The summed E-state index contributed by atoms with van der Waals surface area (Å²) < 4.78 is 28.3. The summed E-state index contributed by atoms with van der Waals surface area (Å²) in [6, 6.07) is 19.8. The highest BCUT2D eigenvalue weighted by Gasteiger charge is 2.23. The standard InChI is InChI=1S/C23H25N3O4S/c1-17-22(26(27)28)9-6-10-23(17)31(29,30)24-15-20-7-4-5-8-21(20)19-13-11-18(12-14-19)16-25(2)3/h4-14,24H,15-16H2,1-3H3. The summed E-state index contributed by atoms with van der Waals surface area (Å²) >= 11 is 0. The zero-order valence-corrected chi connectivity index (χ0v) is 18.5. The van der Waals surface area contributed by atoms with E-state index in [4.69, 9.17) is 0 Å². The van der Waals surface area contributed by atoms with Crippen molar-refractivity contribution < 1.29 is 13.3 Å². The van der Waals surface area contributed by atoms with Crippen LogP contribution in [0.1, 0.15) is 16.7 Å². The van der Waals surface area contributed by atoms with Gasteiger partial charge in [-0.25, -0.2) is 13.1 Å². The van der Waals surface area contributed by atoms with E-state index >= 15 is 0 Å². The maximum absolute atomic E-state index is 12.9. The van der Waals surface area contributed by atoms with Gasteiger partial charge in [-0.2, -0.15) is 0 Å². The molecule has 0 fully saturated rings. The van der Waals surface area contributed by atoms with Crippen molar-refractivity contribution in [3.63, 3.8) is 0 Å². The molecule has 8 heteroatoms. The number of nitro groups is 1. The molecule has 0 unspecified atom stereocenters. The summed E-state index contributed by atoms with van der Waals surface area (Å²) in [6.07, 6.45) is 0. The molecule has 0 bridgehead atoms. The van der Waals surface area contributed by atoms with Crippen LogP contribution >= 0.6 is 0 Å². The molecule has 0 heterocycles. The van der Waals surface area contributed by atoms with Gasteiger partial charge in [-0.15, -0.1) is 0 Å². The first-order valence-electron chi connectivity index (χ1n) is 9.74. The second-order valence-corrected chi connectivity index (χ2v) is 9.31. The van der Waals surface area contributed by atoms with Crippen molar-refractivity contribution in [3.8, 4) is 11.1 Å². The first-order chi connectivity index (χ1) is 14.7. The van der Waals surface area contributed by atoms with Crippen LogP contribution in [-0.4, -0.2) is 32.3 Å². The molecular formula is C23H25N3O4S. The molecule has 7 nitrogen and oxygen atoms in total. The molecule has 31 heavy (non-hydrogen) atoms. The van der Waals surface area contributed by atoms with Crippen molar-refractivity contribution in [1.29, 1.82) is 0 Å². The van der Waals surface area contributed by atoms with E-state index in [1.807, 2.05) is 50.5 Å². The average molecular weight is 440 g/mol. The molecule has 3 aromatic rings. The Morgan fingerprint density at radius 2 is 1.65 bits per heavy atom. The minimum absolute atomic E-state index is 0.0695. The molecule has 0 saturated heterocycles. The van der Waals surface area contributed by atoms with E-state index in [0.717, 1.165) is 23.2 Å².